The molecule has 2 aromatic heterocycles. The Labute approximate surface area is 115 Å². The summed E-state index contributed by atoms with van der Waals surface area (Å²) in [5.74, 6) is 1.73. The van der Waals surface area contributed by atoms with Gasteiger partial charge in [-0.2, -0.15) is 0 Å². The number of aromatic amines is 1. The fraction of sp³-hybridized carbons (Fsp3) is 0.143. The molecule has 0 bridgehead atoms. The lowest BCUT2D eigenvalue weighted by Gasteiger charge is -2.06. The summed E-state index contributed by atoms with van der Waals surface area (Å²) < 4.78 is 5.34. The number of methoxy groups -OCH3 is 1. The van der Waals surface area contributed by atoms with Gasteiger partial charge in [0.05, 0.1) is 18.8 Å². The largest absolute Gasteiger partial charge is 0.496 e. The third-order valence-electron chi connectivity index (χ3n) is 2.82. The summed E-state index contributed by atoms with van der Waals surface area (Å²) in [5, 5.41) is 0.897. The van der Waals surface area contributed by atoms with E-state index in [9.17, 15) is 0 Å². The molecule has 0 amide bonds. The van der Waals surface area contributed by atoms with Crippen LogP contribution < -0.4 is 4.74 Å². The Morgan fingerprint density at radius 1 is 1.26 bits per heavy atom. The quantitative estimate of drug-likeness (QED) is 0.740. The third-order valence-corrected chi connectivity index (χ3v) is 3.74. The molecule has 0 aliphatic heterocycles. The number of fused-ring (bicyclic) bond motifs is 1. The minimum Gasteiger partial charge on any atom is -0.496 e. The molecule has 0 spiro atoms. The van der Waals surface area contributed by atoms with Gasteiger partial charge in [0.25, 0.3) is 0 Å². The van der Waals surface area contributed by atoms with Crippen molar-refractivity contribution in [3.8, 4) is 5.75 Å². The summed E-state index contributed by atoms with van der Waals surface area (Å²) in [7, 11) is 1.69. The number of rotatable bonds is 4. The molecule has 96 valence electrons. The van der Waals surface area contributed by atoms with Crippen LogP contribution in [0.4, 0.5) is 0 Å². The van der Waals surface area contributed by atoms with Crippen LogP contribution in [0.25, 0.3) is 11.0 Å². The predicted molar refractivity (Wildman–Crippen MR) is 76.4 cm³/mol. The molecule has 0 unspecified atom stereocenters. The lowest BCUT2D eigenvalue weighted by Crippen LogP contribution is -1.89. The number of nitrogens with one attached hydrogen (secondary N) is 1. The maximum Gasteiger partial charge on any atom is 0.166 e. The Kier molecular flexibility index (Phi) is 3.37. The average molecular weight is 271 g/mol. The maximum atomic E-state index is 5.34. The molecule has 19 heavy (non-hydrogen) atoms. The second kappa shape index (κ2) is 5.32. The topological polar surface area (TPSA) is 50.8 Å². The Morgan fingerprint density at radius 3 is 3.00 bits per heavy atom. The van der Waals surface area contributed by atoms with Crippen LogP contribution in [0.15, 0.2) is 47.9 Å². The first-order valence-corrected chi connectivity index (χ1v) is 6.90. The van der Waals surface area contributed by atoms with Crippen molar-refractivity contribution < 1.29 is 4.74 Å². The minimum atomic E-state index is 0.817. The number of ether oxygens (including phenoxy) is 1. The first-order valence-electron chi connectivity index (χ1n) is 5.91. The molecule has 0 aliphatic carbocycles. The Bertz CT molecular complexity index is 663. The summed E-state index contributed by atoms with van der Waals surface area (Å²) in [6.07, 6.45) is 3.52. The van der Waals surface area contributed by atoms with E-state index in [4.69, 9.17) is 4.74 Å². The van der Waals surface area contributed by atoms with Crippen molar-refractivity contribution in [1.82, 2.24) is 15.0 Å². The molecule has 2 heterocycles. The molecule has 0 saturated carbocycles. The van der Waals surface area contributed by atoms with Gasteiger partial charge in [0.1, 0.15) is 11.3 Å². The maximum absolute atomic E-state index is 5.34. The first-order chi connectivity index (χ1) is 9.36. The summed E-state index contributed by atoms with van der Waals surface area (Å²) >= 11 is 1.65. The number of hydrogen-bond acceptors (Lipinski definition) is 4. The predicted octanol–water partition coefficient (Wildman–Crippen LogP) is 3.26. The van der Waals surface area contributed by atoms with Crippen LogP contribution in [0.5, 0.6) is 5.75 Å². The van der Waals surface area contributed by atoms with Crippen LogP contribution in [0, 0.1) is 0 Å². The zero-order chi connectivity index (χ0) is 13.1. The number of para-hydroxylation sites is 1. The summed E-state index contributed by atoms with van der Waals surface area (Å²) in [6, 6.07) is 9.95. The molecular weight excluding hydrogens is 258 g/mol. The zero-order valence-corrected chi connectivity index (χ0v) is 11.3. The van der Waals surface area contributed by atoms with Crippen LogP contribution in [0.3, 0.4) is 0 Å². The Morgan fingerprint density at radius 2 is 2.16 bits per heavy atom. The number of hydrogen-bond donors (Lipinski definition) is 1. The number of nitrogens with zero attached hydrogens (tertiary/aromatic N) is 2. The van der Waals surface area contributed by atoms with Crippen molar-refractivity contribution in [2.45, 2.75) is 10.9 Å². The lowest BCUT2D eigenvalue weighted by molar-refractivity contribution is 0.411. The van der Waals surface area contributed by atoms with Crippen LogP contribution >= 0.6 is 11.8 Å². The van der Waals surface area contributed by atoms with Gasteiger partial charge in [-0.05, 0) is 12.1 Å². The molecule has 0 saturated heterocycles. The lowest BCUT2D eigenvalue weighted by atomic mass is 10.2. The fourth-order valence-electron chi connectivity index (χ4n) is 1.87. The van der Waals surface area contributed by atoms with E-state index in [1.54, 1.807) is 31.3 Å². The van der Waals surface area contributed by atoms with E-state index in [1.165, 1.54) is 0 Å². The van der Waals surface area contributed by atoms with Gasteiger partial charge in [-0.3, -0.25) is 4.98 Å². The first kappa shape index (κ1) is 12.0. The molecule has 3 rings (SSSR count). The van der Waals surface area contributed by atoms with Gasteiger partial charge in [0.15, 0.2) is 5.16 Å². The van der Waals surface area contributed by atoms with E-state index in [0.29, 0.717) is 0 Å². The second-order valence-electron chi connectivity index (χ2n) is 4.04. The van der Waals surface area contributed by atoms with Crippen LogP contribution in [-0.4, -0.2) is 22.1 Å². The molecule has 0 radical (unpaired) electrons. The SMILES string of the molecule is COc1ccccc1CSc1nc2cnccc2[nH]1. The number of aromatic nitrogens is 3. The highest BCUT2D eigenvalue weighted by atomic mass is 32.2. The number of benzene rings is 1. The van der Waals surface area contributed by atoms with Gasteiger partial charge in [-0.25, -0.2) is 4.98 Å². The molecule has 0 fully saturated rings. The van der Waals surface area contributed by atoms with Crippen molar-refractivity contribution in [1.29, 1.82) is 0 Å². The third kappa shape index (κ3) is 2.56. The Balaban J connectivity index is 1.78. The molecule has 0 aliphatic rings. The van der Waals surface area contributed by atoms with Crippen LogP contribution in [-0.2, 0) is 5.75 Å². The molecule has 1 aromatic carbocycles. The highest BCUT2D eigenvalue weighted by Gasteiger charge is 2.06. The second-order valence-corrected chi connectivity index (χ2v) is 5.00. The molecule has 1 N–H and O–H groups in total. The van der Waals surface area contributed by atoms with Crippen LogP contribution in [0.2, 0.25) is 0 Å². The average Bonchev–Trinajstić information content (AvgIpc) is 2.88. The number of imidazole rings is 1. The van der Waals surface area contributed by atoms with Gasteiger partial charge < -0.3 is 9.72 Å². The van der Waals surface area contributed by atoms with E-state index < -0.39 is 0 Å². The van der Waals surface area contributed by atoms with Crippen LogP contribution in [0.1, 0.15) is 5.56 Å². The van der Waals surface area contributed by atoms with Crippen molar-refractivity contribution >= 4 is 22.8 Å². The van der Waals surface area contributed by atoms with E-state index in [-0.39, 0.29) is 0 Å². The molecule has 3 aromatic rings. The highest BCUT2D eigenvalue weighted by Crippen LogP contribution is 2.27. The highest BCUT2D eigenvalue weighted by molar-refractivity contribution is 7.98. The van der Waals surface area contributed by atoms with Gasteiger partial charge in [0, 0.05) is 17.5 Å². The summed E-state index contributed by atoms with van der Waals surface area (Å²) in [5.41, 5.74) is 3.07. The number of pyridine rings is 1. The van der Waals surface area contributed by atoms with Crippen molar-refractivity contribution in [3.05, 3.63) is 48.3 Å². The fourth-order valence-corrected chi connectivity index (χ4v) is 2.75. The monoisotopic (exact) mass is 271 g/mol. The van der Waals surface area contributed by atoms with Crippen molar-refractivity contribution in [3.63, 3.8) is 0 Å². The van der Waals surface area contributed by atoms with Crippen molar-refractivity contribution in [2.24, 2.45) is 0 Å². The number of H-pyrrole nitrogens is 1. The van der Waals surface area contributed by atoms with E-state index in [2.05, 4.69) is 21.0 Å². The van der Waals surface area contributed by atoms with Gasteiger partial charge in [0.2, 0.25) is 0 Å². The standard InChI is InChI=1S/C14H13N3OS/c1-18-13-5-3-2-4-10(13)9-19-14-16-11-6-7-15-8-12(11)17-14/h2-8H,9H2,1H3,(H,16,17). The van der Waals surface area contributed by atoms with E-state index in [1.807, 2.05) is 24.3 Å². The molecule has 5 heteroatoms. The molecular formula is C14H13N3OS. The smallest absolute Gasteiger partial charge is 0.166 e. The zero-order valence-electron chi connectivity index (χ0n) is 10.5. The van der Waals surface area contributed by atoms with E-state index >= 15 is 0 Å². The van der Waals surface area contributed by atoms with E-state index in [0.717, 1.165) is 33.3 Å². The molecule has 4 nitrogen and oxygen atoms in total. The number of thioether (sulfide) groups is 1. The minimum absolute atomic E-state index is 0.817. The van der Waals surface area contributed by atoms with Crippen molar-refractivity contribution in [2.75, 3.05) is 7.11 Å². The summed E-state index contributed by atoms with van der Waals surface area (Å²) in [4.78, 5) is 11.8. The van der Waals surface area contributed by atoms with Gasteiger partial charge in [-0.15, -0.1) is 0 Å². The summed E-state index contributed by atoms with van der Waals surface area (Å²) in [6.45, 7) is 0. The Hall–Kier alpha value is -2.01. The van der Waals surface area contributed by atoms with Gasteiger partial charge >= 0.3 is 0 Å². The molecule has 0 atom stereocenters. The normalized spacial score (nSPS) is 10.8. The van der Waals surface area contributed by atoms with Gasteiger partial charge in [-0.1, -0.05) is 30.0 Å².